The lowest BCUT2D eigenvalue weighted by atomic mass is 10.2. The van der Waals surface area contributed by atoms with Gasteiger partial charge in [-0.3, -0.25) is 19.5 Å². The van der Waals surface area contributed by atoms with Crippen LogP contribution in [0.4, 0.5) is 5.13 Å². The Kier molecular flexibility index (Phi) is 7.80. The van der Waals surface area contributed by atoms with E-state index in [0.717, 1.165) is 11.3 Å². The second kappa shape index (κ2) is 11.2. The largest absolute Gasteiger partial charge is 0.490 e. The molecule has 13 heteroatoms. The number of carbonyl (C=O) groups excluding carboxylic acids is 2. The standard InChI is InChI=1S/C22H21N5O6S2/c1-13-17-19(35-18(13)21(30)33-9-8-32-14-6-4-3-5-7-14)23-12-27(20(17)29)10-15(28)24-22-26-25-16(34-22)11-31-2/h3-7,12H,8-11H2,1-2H3,(H,24,26,28). The van der Waals surface area contributed by atoms with E-state index in [9.17, 15) is 14.4 Å². The number of methoxy groups -OCH3 is 1. The second-order valence-corrected chi connectivity index (χ2v) is 9.25. The maximum Gasteiger partial charge on any atom is 0.348 e. The fraction of sp³-hybridized carbons (Fsp3) is 0.273. The van der Waals surface area contributed by atoms with E-state index in [-0.39, 0.29) is 36.6 Å². The van der Waals surface area contributed by atoms with Gasteiger partial charge in [-0.2, -0.15) is 0 Å². The summed E-state index contributed by atoms with van der Waals surface area (Å²) in [5.74, 6) is -0.342. The molecule has 1 N–H and O–H groups in total. The van der Waals surface area contributed by atoms with Crippen molar-refractivity contribution in [1.82, 2.24) is 19.7 Å². The number of ether oxygens (including phenoxy) is 3. The number of anilines is 1. The highest BCUT2D eigenvalue weighted by atomic mass is 32.1. The molecule has 0 aliphatic carbocycles. The summed E-state index contributed by atoms with van der Waals surface area (Å²) in [7, 11) is 1.53. The minimum atomic E-state index is -0.561. The van der Waals surface area contributed by atoms with Gasteiger partial charge in [0.25, 0.3) is 5.56 Å². The number of thiophene rings is 1. The smallest absolute Gasteiger partial charge is 0.348 e. The molecule has 1 aromatic carbocycles. The number of hydrogen-bond acceptors (Lipinski definition) is 11. The van der Waals surface area contributed by atoms with Crippen molar-refractivity contribution in [2.24, 2.45) is 0 Å². The summed E-state index contributed by atoms with van der Waals surface area (Å²) in [5, 5.41) is 11.6. The first kappa shape index (κ1) is 24.4. The Morgan fingerprint density at radius 2 is 1.91 bits per heavy atom. The van der Waals surface area contributed by atoms with Crippen LogP contribution in [-0.4, -0.2) is 51.9 Å². The Morgan fingerprint density at radius 1 is 1.11 bits per heavy atom. The first-order chi connectivity index (χ1) is 17.0. The van der Waals surface area contributed by atoms with Crippen molar-refractivity contribution in [1.29, 1.82) is 0 Å². The zero-order valence-electron chi connectivity index (χ0n) is 18.8. The van der Waals surface area contributed by atoms with Gasteiger partial charge in [-0.05, 0) is 24.6 Å². The van der Waals surface area contributed by atoms with E-state index in [4.69, 9.17) is 14.2 Å². The van der Waals surface area contributed by atoms with Crippen molar-refractivity contribution in [2.75, 3.05) is 25.6 Å². The van der Waals surface area contributed by atoms with Crippen molar-refractivity contribution in [3.05, 3.63) is 62.5 Å². The van der Waals surface area contributed by atoms with Crippen molar-refractivity contribution >= 4 is 49.9 Å². The number of nitrogens with zero attached hydrogens (tertiary/aromatic N) is 4. The predicted molar refractivity (Wildman–Crippen MR) is 130 cm³/mol. The lowest BCUT2D eigenvalue weighted by Crippen LogP contribution is -2.27. The number of esters is 1. The number of para-hydroxylation sites is 1. The Hall–Kier alpha value is -3.68. The van der Waals surface area contributed by atoms with Gasteiger partial charge in [-0.25, -0.2) is 9.78 Å². The Balaban J connectivity index is 1.41. The van der Waals surface area contributed by atoms with Gasteiger partial charge in [0, 0.05) is 7.11 Å². The number of nitrogens with one attached hydrogen (secondary N) is 1. The molecule has 0 spiro atoms. The van der Waals surface area contributed by atoms with Crippen LogP contribution in [-0.2, 0) is 27.4 Å². The molecule has 4 rings (SSSR count). The third kappa shape index (κ3) is 5.88. The van der Waals surface area contributed by atoms with Gasteiger partial charge in [0.2, 0.25) is 11.0 Å². The molecule has 11 nitrogen and oxygen atoms in total. The zero-order chi connectivity index (χ0) is 24.8. The maximum absolute atomic E-state index is 13.0. The van der Waals surface area contributed by atoms with E-state index in [2.05, 4.69) is 20.5 Å². The van der Waals surface area contributed by atoms with Crippen LogP contribution in [0.25, 0.3) is 10.2 Å². The highest BCUT2D eigenvalue weighted by Gasteiger charge is 2.21. The number of benzene rings is 1. The van der Waals surface area contributed by atoms with Gasteiger partial charge in [0.05, 0.1) is 11.7 Å². The summed E-state index contributed by atoms with van der Waals surface area (Å²) in [6.07, 6.45) is 1.28. The summed E-state index contributed by atoms with van der Waals surface area (Å²) >= 11 is 2.25. The molecule has 0 atom stereocenters. The van der Waals surface area contributed by atoms with Crippen LogP contribution in [0.1, 0.15) is 20.2 Å². The molecular weight excluding hydrogens is 494 g/mol. The molecule has 35 heavy (non-hydrogen) atoms. The maximum atomic E-state index is 13.0. The molecule has 4 aromatic rings. The highest BCUT2D eigenvalue weighted by molar-refractivity contribution is 7.20. The molecule has 0 radical (unpaired) electrons. The fourth-order valence-corrected chi connectivity index (χ4v) is 4.90. The topological polar surface area (TPSA) is 135 Å². The van der Waals surface area contributed by atoms with Crippen LogP contribution in [0.5, 0.6) is 5.75 Å². The number of rotatable bonds is 10. The van der Waals surface area contributed by atoms with Crippen molar-refractivity contribution in [3.8, 4) is 5.75 Å². The van der Waals surface area contributed by atoms with Gasteiger partial charge < -0.3 is 14.2 Å². The van der Waals surface area contributed by atoms with Crippen molar-refractivity contribution < 1.29 is 23.8 Å². The van der Waals surface area contributed by atoms with Crippen LogP contribution in [0.2, 0.25) is 0 Å². The molecule has 182 valence electrons. The lowest BCUT2D eigenvalue weighted by molar-refractivity contribution is -0.116. The van der Waals surface area contributed by atoms with Crippen molar-refractivity contribution in [2.45, 2.75) is 20.1 Å². The molecule has 0 aliphatic heterocycles. The Bertz CT molecular complexity index is 1400. The highest BCUT2D eigenvalue weighted by Crippen LogP contribution is 2.27. The molecule has 3 aromatic heterocycles. The van der Waals surface area contributed by atoms with Crippen LogP contribution in [0.3, 0.4) is 0 Å². The van der Waals surface area contributed by atoms with Gasteiger partial charge in [-0.1, -0.05) is 29.5 Å². The summed E-state index contributed by atoms with van der Waals surface area (Å²) in [6, 6.07) is 9.19. The molecule has 0 saturated carbocycles. The van der Waals surface area contributed by atoms with Gasteiger partial charge in [0.1, 0.15) is 46.8 Å². The molecule has 0 unspecified atom stereocenters. The zero-order valence-corrected chi connectivity index (χ0v) is 20.5. The summed E-state index contributed by atoms with van der Waals surface area (Å²) in [5.41, 5.74) is 0.0299. The van der Waals surface area contributed by atoms with Gasteiger partial charge >= 0.3 is 5.97 Å². The summed E-state index contributed by atoms with van der Waals surface area (Å²) in [4.78, 5) is 42.9. The van der Waals surface area contributed by atoms with Crippen LogP contribution < -0.4 is 15.6 Å². The van der Waals surface area contributed by atoms with Crippen LogP contribution in [0.15, 0.2) is 41.5 Å². The van der Waals surface area contributed by atoms with Crippen molar-refractivity contribution in [3.63, 3.8) is 0 Å². The number of amides is 1. The van der Waals surface area contributed by atoms with Gasteiger partial charge in [-0.15, -0.1) is 21.5 Å². The summed E-state index contributed by atoms with van der Waals surface area (Å²) < 4.78 is 17.0. The molecular formula is C22H21N5O6S2. The van der Waals surface area contributed by atoms with Gasteiger partial charge in [0.15, 0.2) is 0 Å². The number of carbonyl (C=O) groups is 2. The first-order valence-electron chi connectivity index (χ1n) is 10.4. The molecule has 0 saturated heterocycles. The quantitative estimate of drug-likeness (QED) is 0.250. The number of aromatic nitrogens is 4. The second-order valence-electron chi connectivity index (χ2n) is 7.19. The molecule has 0 bridgehead atoms. The third-order valence-corrected chi connectivity index (χ3v) is 6.72. The first-order valence-corrected chi connectivity index (χ1v) is 12.0. The van der Waals surface area contributed by atoms with E-state index >= 15 is 0 Å². The predicted octanol–water partition coefficient (Wildman–Crippen LogP) is 2.64. The van der Waals surface area contributed by atoms with Crippen LogP contribution >= 0.6 is 22.7 Å². The van der Waals surface area contributed by atoms with E-state index in [1.165, 1.54) is 29.3 Å². The lowest BCUT2D eigenvalue weighted by Gasteiger charge is -2.07. The SMILES string of the molecule is COCc1nnc(NC(=O)Cn2cnc3sc(C(=O)OCCOc4ccccc4)c(C)c3c2=O)s1. The van der Waals surface area contributed by atoms with E-state index in [0.29, 0.717) is 26.3 Å². The minimum Gasteiger partial charge on any atom is -0.490 e. The Morgan fingerprint density at radius 3 is 2.69 bits per heavy atom. The normalized spacial score (nSPS) is 10.9. The number of fused-ring (bicyclic) bond motifs is 1. The minimum absolute atomic E-state index is 0.0525. The third-order valence-electron chi connectivity index (χ3n) is 4.73. The van der Waals surface area contributed by atoms with E-state index in [1.807, 2.05) is 18.2 Å². The van der Waals surface area contributed by atoms with E-state index < -0.39 is 17.4 Å². The van der Waals surface area contributed by atoms with Crippen LogP contribution in [0, 0.1) is 6.92 Å². The monoisotopic (exact) mass is 515 g/mol. The van der Waals surface area contributed by atoms with E-state index in [1.54, 1.807) is 19.1 Å². The average Bonchev–Trinajstić information content (AvgIpc) is 3.43. The number of hydrogen-bond donors (Lipinski definition) is 1. The molecule has 3 heterocycles. The summed E-state index contributed by atoms with van der Waals surface area (Å²) in [6.45, 7) is 1.92. The average molecular weight is 516 g/mol. The Labute approximate surface area is 207 Å². The fourth-order valence-electron chi connectivity index (χ4n) is 3.14. The molecule has 0 fully saturated rings. The molecule has 1 amide bonds. The molecule has 0 aliphatic rings. The number of aryl methyl sites for hydroxylation is 1.